The molecule has 0 atom stereocenters. The van der Waals surface area contributed by atoms with E-state index in [1.165, 1.54) is 0 Å². The number of aryl methyl sites for hydroxylation is 1. The molecule has 5 nitrogen and oxygen atoms in total. The first kappa shape index (κ1) is 16.5. The van der Waals surface area contributed by atoms with Gasteiger partial charge in [0.15, 0.2) is 4.77 Å². The number of hydrogen-bond donors (Lipinski definition) is 3. The van der Waals surface area contributed by atoms with Gasteiger partial charge in [0.05, 0.1) is 0 Å². The Balaban J connectivity index is 2.07. The second-order valence-corrected chi connectivity index (χ2v) is 5.79. The van der Waals surface area contributed by atoms with Crippen LogP contribution in [0.15, 0.2) is 23.0 Å². The van der Waals surface area contributed by atoms with Crippen LogP contribution >= 0.6 is 23.8 Å². The van der Waals surface area contributed by atoms with Gasteiger partial charge in [0.1, 0.15) is 0 Å². The highest BCUT2D eigenvalue weighted by atomic mass is 35.5. The van der Waals surface area contributed by atoms with E-state index in [1.54, 1.807) is 25.1 Å². The number of amides is 1. The molecule has 1 aromatic heterocycles. The number of aromatic nitrogens is 2. The van der Waals surface area contributed by atoms with Gasteiger partial charge in [0, 0.05) is 28.4 Å². The topological polar surface area (TPSA) is 77.8 Å². The summed E-state index contributed by atoms with van der Waals surface area (Å²) in [7, 11) is 0. The minimum atomic E-state index is -0.256. The number of rotatable bonds is 4. The summed E-state index contributed by atoms with van der Waals surface area (Å²) < 4.78 is 0.283. The highest BCUT2D eigenvalue weighted by Crippen LogP contribution is 2.23. The summed E-state index contributed by atoms with van der Waals surface area (Å²) in [6.07, 6.45) is 0.527. The van der Waals surface area contributed by atoms with Crippen molar-refractivity contribution in [3.63, 3.8) is 0 Å². The summed E-state index contributed by atoms with van der Waals surface area (Å²) in [5, 5.41) is 3.40. The van der Waals surface area contributed by atoms with E-state index in [2.05, 4.69) is 15.3 Å². The molecule has 22 heavy (non-hydrogen) atoms. The van der Waals surface area contributed by atoms with Crippen LogP contribution in [0.5, 0.6) is 0 Å². The maximum atomic E-state index is 12.0. The minimum absolute atomic E-state index is 0.174. The third-order valence-corrected chi connectivity index (χ3v) is 4.01. The average molecular weight is 338 g/mol. The molecule has 0 fully saturated rings. The minimum Gasteiger partial charge on any atom is -0.336 e. The van der Waals surface area contributed by atoms with E-state index in [4.69, 9.17) is 23.8 Å². The lowest BCUT2D eigenvalue weighted by molar-refractivity contribution is -0.116. The summed E-state index contributed by atoms with van der Waals surface area (Å²) in [6, 6.07) is 5.33. The number of carbonyl (C=O) groups excluding carboxylic acids is 1. The molecule has 0 bridgehead atoms. The first-order valence-corrected chi connectivity index (χ1v) is 7.54. The molecule has 1 aromatic carbocycles. The second-order valence-electron chi connectivity index (χ2n) is 4.97. The number of hydrogen-bond acceptors (Lipinski definition) is 3. The third kappa shape index (κ3) is 3.84. The van der Waals surface area contributed by atoms with Crippen molar-refractivity contribution in [2.75, 3.05) is 5.32 Å². The van der Waals surface area contributed by atoms with Crippen LogP contribution in [0.2, 0.25) is 5.02 Å². The first-order valence-electron chi connectivity index (χ1n) is 6.75. The molecule has 1 amide bonds. The Morgan fingerprint density at radius 1 is 1.32 bits per heavy atom. The number of halogens is 1. The molecule has 1 heterocycles. The summed E-state index contributed by atoms with van der Waals surface area (Å²) in [4.78, 5) is 29.3. The SMILES string of the molecule is Cc1[nH]c(=S)[nH]c(=O)c1CCC(=O)Nc1cccc(Cl)c1C. The lowest BCUT2D eigenvalue weighted by Crippen LogP contribution is -2.20. The van der Waals surface area contributed by atoms with Gasteiger partial charge < -0.3 is 10.3 Å². The Morgan fingerprint density at radius 3 is 2.73 bits per heavy atom. The van der Waals surface area contributed by atoms with Crippen LogP contribution in [0.4, 0.5) is 5.69 Å². The maximum Gasteiger partial charge on any atom is 0.255 e. The van der Waals surface area contributed by atoms with Crippen LogP contribution in [0.25, 0.3) is 0 Å². The molecule has 0 radical (unpaired) electrons. The van der Waals surface area contributed by atoms with Crippen molar-refractivity contribution in [3.8, 4) is 0 Å². The molecule has 7 heteroatoms. The number of anilines is 1. The van der Waals surface area contributed by atoms with Crippen molar-refractivity contribution >= 4 is 35.4 Å². The fourth-order valence-electron chi connectivity index (χ4n) is 2.12. The summed E-state index contributed by atoms with van der Waals surface area (Å²) in [5.74, 6) is -0.174. The molecular formula is C15H16ClN3O2S. The van der Waals surface area contributed by atoms with Gasteiger partial charge in [-0.05, 0) is 50.2 Å². The Kier molecular flexibility index (Phi) is 5.15. The predicted molar refractivity (Wildman–Crippen MR) is 90.1 cm³/mol. The zero-order valence-corrected chi connectivity index (χ0v) is 13.8. The lowest BCUT2D eigenvalue weighted by Gasteiger charge is -2.10. The van der Waals surface area contributed by atoms with Crippen LogP contribution < -0.4 is 10.9 Å². The predicted octanol–water partition coefficient (Wildman–Crippen LogP) is 3.27. The Bertz CT molecular complexity index is 826. The number of benzene rings is 1. The zero-order valence-electron chi connectivity index (χ0n) is 12.2. The smallest absolute Gasteiger partial charge is 0.255 e. The molecule has 3 N–H and O–H groups in total. The van der Waals surface area contributed by atoms with Gasteiger partial charge in [-0.25, -0.2) is 0 Å². The normalized spacial score (nSPS) is 10.5. The largest absolute Gasteiger partial charge is 0.336 e. The van der Waals surface area contributed by atoms with Gasteiger partial charge >= 0.3 is 0 Å². The summed E-state index contributed by atoms with van der Waals surface area (Å²) >= 11 is 10.9. The first-order chi connectivity index (χ1) is 10.4. The highest BCUT2D eigenvalue weighted by Gasteiger charge is 2.10. The molecule has 2 rings (SSSR count). The van der Waals surface area contributed by atoms with Crippen molar-refractivity contribution in [3.05, 3.63) is 55.2 Å². The quantitative estimate of drug-likeness (QED) is 0.749. The van der Waals surface area contributed by atoms with Crippen LogP contribution in [-0.4, -0.2) is 15.9 Å². The molecule has 0 aliphatic carbocycles. The van der Waals surface area contributed by atoms with Gasteiger partial charge in [0.2, 0.25) is 5.91 Å². The maximum absolute atomic E-state index is 12.0. The van der Waals surface area contributed by atoms with Gasteiger partial charge in [-0.15, -0.1) is 0 Å². The fraction of sp³-hybridized carbons (Fsp3) is 0.267. The molecule has 2 aromatic rings. The van der Waals surface area contributed by atoms with E-state index in [0.29, 0.717) is 28.4 Å². The highest BCUT2D eigenvalue weighted by molar-refractivity contribution is 7.71. The van der Waals surface area contributed by atoms with Crippen molar-refractivity contribution in [1.29, 1.82) is 0 Å². The van der Waals surface area contributed by atoms with Crippen LogP contribution in [0.1, 0.15) is 23.2 Å². The van der Waals surface area contributed by atoms with Crippen molar-refractivity contribution in [2.24, 2.45) is 0 Å². The van der Waals surface area contributed by atoms with E-state index >= 15 is 0 Å². The van der Waals surface area contributed by atoms with Crippen LogP contribution in [0, 0.1) is 18.6 Å². The second kappa shape index (κ2) is 6.89. The van der Waals surface area contributed by atoms with E-state index in [1.807, 2.05) is 6.92 Å². The molecule has 0 spiro atoms. The van der Waals surface area contributed by atoms with Crippen LogP contribution in [0.3, 0.4) is 0 Å². The number of aromatic amines is 2. The van der Waals surface area contributed by atoms with E-state index in [0.717, 1.165) is 5.56 Å². The summed E-state index contributed by atoms with van der Waals surface area (Å²) in [6.45, 7) is 3.60. The monoisotopic (exact) mass is 337 g/mol. The average Bonchev–Trinajstić information content (AvgIpc) is 2.42. The van der Waals surface area contributed by atoms with E-state index in [-0.39, 0.29) is 22.7 Å². The zero-order chi connectivity index (χ0) is 16.3. The number of carbonyl (C=O) groups is 1. The Morgan fingerprint density at radius 2 is 2.05 bits per heavy atom. The molecule has 0 aliphatic rings. The van der Waals surface area contributed by atoms with E-state index in [9.17, 15) is 9.59 Å². The molecule has 0 saturated heterocycles. The van der Waals surface area contributed by atoms with Crippen molar-refractivity contribution in [1.82, 2.24) is 9.97 Å². The van der Waals surface area contributed by atoms with Gasteiger partial charge in [-0.2, -0.15) is 0 Å². The van der Waals surface area contributed by atoms with Crippen molar-refractivity contribution in [2.45, 2.75) is 26.7 Å². The molecule has 0 unspecified atom stereocenters. The fourth-order valence-corrected chi connectivity index (χ4v) is 2.54. The van der Waals surface area contributed by atoms with Gasteiger partial charge in [-0.1, -0.05) is 17.7 Å². The van der Waals surface area contributed by atoms with Crippen molar-refractivity contribution < 1.29 is 4.79 Å². The molecule has 0 saturated carbocycles. The molecule has 116 valence electrons. The lowest BCUT2D eigenvalue weighted by atomic mass is 10.1. The standard InChI is InChI=1S/C15H16ClN3O2S/c1-8-11(16)4-3-5-12(8)18-13(20)7-6-10-9(2)17-15(22)19-14(10)21/h3-5H,6-7H2,1-2H3,(H,18,20)(H2,17,19,21,22). The third-order valence-electron chi connectivity index (χ3n) is 3.40. The molecular weight excluding hydrogens is 322 g/mol. The van der Waals surface area contributed by atoms with Gasteiger partial charge in [0.25, 0.3) is 5.56 Å². The number of H-pyrrole nitrogens is 2. The van der Waals surface area contributed by atoms with Crippen LogP contribution in [-0.2, 0) is 11.2 Å². The Hall–Kier alpha value is -1.92. The van der Waals surface area contributed by atoms with Gasteiger partial charge in [-0.3, -0.25) is 14.6 Å². The summed E-state index contributed by atoms with van der Waals surface area (Å²) in [5.41, 5.74) is 2.45. The number of nitrogens with one attached hydrogen (secondary N) is 3. The molecule has 0 aliphatic heterocycles. The van der Waals surface area contributed by atoms with E-state index < -0.39 is 0 Å². The Labute approximate surface area is 137 Å².